The van der Waals surface area contributed by atoms with Gasteiger partial charge in [-0.2, -0.15) is 0 Å². The maximum absolute atomic E-state index is 12.4. The first-order chi connectivity index (χ1) is 5.72. The first-order valence-corrected chi connectivity index (χ1v) is 3.67. The summed E-state index contributed by atoms with van der Waals surface area (Å²) in [5.41, 5.74) is 0.704. The molecular weight excluding hydrogens is 179 g/mol. The summed E-state index contributed by atoms with van der Waals surface area (Å²) in [6.45, 7) is 0. The summed E-state index contributed by atoms with van der Waals surface area (Å²) in [6.07, 6.45) is 0.115. The van der Waals surface area contributed by atoms with E-state index in [0.717, 1.165) is 0 Å². The fourth-order valence-corrected chi connectivity index (χ4v) is 0.866. The van der Waals surface area contributed by atoms with E-state index in [1.807, 2.05) is 0 Å². The number of halogens is 1. The van der Waals surface area contributed by atoms with Crippen LogP contribution in [-0.4, -0.2) is 5.97 Å². The highest BCUT2D eigenvalue weighted by molar-refractivity contribution is 7.75. The van der Waals surface area contributed by atoms with Crippen molar-refractivity contribution in [3.8, 4) is 0 Å². The molecule has 0 fully saturated rings. The van der Waals surface area contributed by atoms with Crippen LogP contribution in [0.1, 0.15) is 5.56 Å². The third-order valence-electron chi connectivity index (χ3n) is 1.36. The van der Waals surface area contributed by atoms with Crippen molar-refractivity contribution < 1.29 is 13.4 Å². The molecule has 2 nitrogen and oxygen atoms in total. The normalized spacial score (nSPS) is 9.50. The van der Waals surface area contributed by atoms with E-state index in [0.29, 0.717) is 5.56 Å². The zero-order valence-electron chi connectivity index (χ0n) is 6.16. The lowest BCUT2D eigenvalue weighted by molar-refractivity contribution is -0.132. The van der Waals surface area contributed by atoms with Crippen molar-refractivity contribution in [1.82, 2.24) is 0 Å². The Bertz CT molecular complexity index is 271. The molecule has 0 aliphatic rings. The van der Waals surface area contributed by atoms with Gasteiger partial charge in [0, 0.05) is 12.9 Å². The summed E-state index contributed by atoms with van der Waals surface area (Å²) in [4.78, 5) is 10.7. The van der Waals surface area contributed by atoms with Gasteiger partial charge in [0.25, 0.3) is 0 Å². The Morgan fingerprint density at radius 2 is 2.00 bits per heavy atom. The van der Waals surface area contributed by atoms with Gasteiger partial charge in [-0.05, 0) is 17.7 Å². The highest BCUT2D eigenvalue weighted by Crippen LogP contribution is 2.04. The Morgan fingerprint density at radius 1 is 1.42 bits per heavy atom. The van der Waals surface area contributed by atoms with Crippen molar-refractivity contribution in [2.24, 2.45) is 0 Å². The number of rotatable bonds is 2. The minimum Gasteiger partial charge on any atom is -0.394 e. The predicted octanol–water partition coefficient (Wildman–Crippen LogP) is 1.76. The van der Waals surface area contributed by atoms with Crippen LogP contribution in [0, 0.1) is 5.82 Å². The van der Waals surface area contributed by atoms with Crippen LogP contribution in [0.3, 0.4) is 0 Å². The number of thiol groups is 1. The molecule has 64 valence electrons. The van der Waals surface area contributed by atoms with Crippen LogP contribution in [0.4, 0.5) is 4.39 Å². The number of hydrogen-bond acceptors (Lipinski definition) is 3. The lowest BCUT2D eigenvalue weighted by Gasteiger charge is -1.97. The largest absolute Gasteiger partial charge is 0.394 e. The molecule has 0 unspecified atom stereocenters. The molecule has 1 rings (SSSR count). The molecule has 0 radical (unpaired) electrons. The average molecular weight is 186 g/mol. The fraction of sp³-hybridized carbons (Fsp3) is 0.125. The second-order valence-corrected chi connectivity index (χ2v) is 2.45. The second kappa shape index (κ2) is 4.11. The van der Waals surface area contributed by atoms with Gasteiger partial charge in [0.15, 0.2) is 0 Å². The summed E-state index contributed by atoms with van der Waals surface area (Å²) < 4.78 is 16.5. The molecule has 4 heteroatoms. The van der Waals surface area contributed by atoms with E-state index < -0.39 is 5.97 Å². The zero-order valence-corrected chi connectivity index (χ0v) is 7.05. The lowest BCUT2D eigenvalue weighted by Crippen LogP contribution is -2.01. The minimum absolute atomic E-state index is 0.115. The van der Waals surface area contributed by atoms with Gasteiger partial charge in [-0.3, -0.25) is 4.79 Å². The highest BCUT2D eigenvalue weighted by Gasteiger charge is 2.02. The number of carbonyl (C=O) groups excluding carboxylic acids is 1. The van der Waals surface area contributed by atoms with Crippen molar-refractivity contribution in [3.05, 3.63) is 35.6 Å². The third-order valence-corrected chi connectivity index (χ3v) is 1.57. The van der Waals surface area contributed by atoms with E-state index in [1.165, 1.54) is 24.3 Å². The topological polar surface area (TPSA) is 26.3 Å². The van der Waals surface area contributed by atoms with Crippen LogP contribution >= 0.6 is 12.9 Å². The molecule has 0 spiro atoms. The molecule has 12 heavy (non-hydrogen) atoms. The number of carbonyl (C=O) groups is 1. The molecule has 0 aromatic heterocycles. The van der Waals surface area contributed by atoms with Crippen molar-refractivity contribution in [1.29, 1.82) is 0 Å². The van der Waals surface area contributed by atoms with Gasteiger partial charge in [0.05, 0.1) is 6.42 Å². The van der Waals surface area contributed by atoms with Crippen LogP contribution in [-0.2, 0) is 15.4 Å². The number of hydrogen-bond donors (Lipinski definition) is 1. The van der Waals surface area contributed by atoms with Gasteiger partial charge >= 0.3 is 5.97 Å². The molecule has 0 atom stereocenters. The van der Waals surface area contributed by atoms with E-state index >= 15 is 0 Å². The lowest BCUT2D eigenvalue weighted by atomic mass is 10.1. The summed E-state index contributed by atoms with van der Waals surface area (Å²) in [7, 11) is 0. The van der Waals surface area contributed by atoms with Crippen LogP contribution in [0.25, 0.3) is 0 Å². The Hall–Kier alpha value is -1.03. The molecule has 0 bridgehead atoms. The van der Waals surface area contributed by atoms with Crippen molar-refractivity contribution >= 4 is 18.9 Å². The van der Waals surface area contributed by atoms with E-state index in [-0.39, 0.29) is 12.2 Å². The van der Waals surface area contributed by atoms with E-state index in [1.54, 1.807) is 0 Å². The average Bonchev–Trinajstić information content (AvgIpc) is 2.09. The summed E-state index contributed by atoms with van der Waals surface area (Å²) in [6, 6.07) is 5.64. The number of benzene rings is 1. The summed E-state index contributed by atoms with van der Waals surface area (Å²) in [5, 5.41) is 0. The maximum Gasteiger partial charge on any atom is 0.322 e. The molecule has 0 heterocycles. The zero-order chi connectivity index (χ0) is 8.97. The Labute approximate surface area is 75.0 Å². The summed E-state index contributed by atoms with van der Waals surface area (Å²) in [5.74, 6) is -0.775. The maximum atomic E-state index is 12.4. The van der Waals surface area contributed by atoms with Crippen LogP contribution in [0.2, 0.25) is 0 Å². The molecule has 0 saturated carbocycles. The van der Waals surface area contributed by atoms with Gasteiger partial charge in [0.2, 0.25) is 0 Å². The van der Waals surface area contributed by atoms with Crippen molar-refractivity contribution in [2.75, 3.05) is 0 Å². The molecule has 0 N–H and O–H groups in total. The van der Waals surface area contributed by atoms with Crippen LogP contribution in [0.15, 0.2) is 24.3 Å². The van der Waals surface area contributed by atoms with Crippen LogP contribution < -0.4 is 0 Å². The quantitative estimate of drug-likeness (QED) is 0.562. The van der Waals surface area contributed by atoms with Crippen molar-refractivity contribution in [3.63, 3.8) is 0 Å². The molecule has 0 aliphatic carbocycles. The molecule has 0 amide bonds. The Kier molecular flexibility index (Phi) is 3.10. The second-order valence-electron chi connectivity index (χ2n) is 2.27. The van der Waals surface area contributed by atoms with Gasteiger partial charge in [-0.1, -0.05) is 12.1 Å². The molecule has 1 aromatic rings. The SMILES string of the molecule is O=C(Cc1ccc(F)cc1)OS. The first-order valence-electron chi connectivity index (χ1n) is 3.31. The Morgan fingerprint density at radius 3 is 2.50 bits per heavy atom. The molecular formula is C8H7FO2S. The third kappa shape index (κ3) is 2.54. The van der Waals surface area contributed by atoms with E-state index in [4.69, 9.17) is 0 Å². The molecule has 1 aromatic carbocycles. The molecule has 0 aliphatic heterocycles. The van der Waals surface area contributed by atoms with E-state index in [2.05, 4.69) is 17.1 Å². The fourth-order valence-electron chi connectivity index (χ4n) is 0.801. The van der Waals surface area contributed by atoms with Crippen LogP contribution in [0.5, 0.6) is 0 Å². The van der Waals surface area contributed by atoms with Gasteiger partial charge in [-0.15, -0.1) is 0 Å². The smallest absolute Gasteiger partial charge is 0.322 e. The van der Waals surface area contributed by atoms with Crippen molar-refractivity contribution in [2.45, 2.75) is 6.42 Å². The highest BCUT2D eigenvalue weighted by atomic mass is 32.1. The standard InChI is InChI=1S/C8H7FO2S/c9-7-3-1-6(2-4-7)5-8(10)11-12/h1-4,12H,5H2. The minimum atomic E-state index is -0.454. The predicted molar refractivity (Wildman–Crippen MR) is 45.2 cm³/mol. The van der Waals surface area contributed by atoms with Gasteiger partial charge in [0.1, 0.15) is 5.82 Å². The van der Waals surface area contributed by atoms with Gasteiger partial charge in [-0.25, -0.2) is 4.39 Å². The molecule has 0 saturated heterocycles. The monoisotopic (exact) mass is 186 g/mol. The first kappa shape index (κ1) is 9.06. The van der Waals surface area contributed by atoms with Gasteiger partial charge < -0.3 is 4.18 Å². The summed E-state index contributed by atoms with van der Waals surface area (Å²) >= 11 is 3.34. The Balaban J connectivity index is 2.64. The van der Waals surface area contributed by atoms with E-state index in [9.17, 15) is 9.18 Å².